The number of aromatic nitrogens is 1. The van der Waals surface area contributed by atoms with Crippen LogP contribution in [0.1, 0.15) is 0 Å². The first-order chi connectivity index (χ1) is 20.7. The topological polar surface area (TPSA) is 55.6 Å². The quantitative estimate of drug-likeness (QED) is 0.196. The summed E-state index contributed by atoms with van der Waals surface area (Å²) in [5.74, 6) is 1.67. The Morgan fingerprint density at radius 3 is 2.21 bits per heavy atom. The largest absolute Gasteiger partial charge is 0.456 e. The van der Waals surface area contributed by atoms with Gasteiger partial charge in [0.2, 0.25) is 5.43 Å². The van der Waals surface area contributed by atoms with Crippen molar-refractivity contribution in [3.05, 3.63) is 132 Å². The van der Waals surface area contributed by atoms with Crippen molar-refractivity contribution in [1.82, 2.24) is 4.98 Å². The van der Waals surface area contributed by atoms with E-state index >= 15 is 0 Å². The molecule has 0 radical (unpaired) electrons. The van der Waals surface area contributed by atoms with Crippen molar-refractivity contribution in [1.29, 1.82) is 0 Å². The van der Waals surface area contributed by atoms with Gasteiger partial charge in [-0.3, -0.25) is 9.78 Å². The molecule has 9 rings (SSSR count). The van der Waals surface area contributed by atoms with E-state index < -0.39 is 0 Å². The Kier molecular flexibility index (Phi) is 4.92. The number of anilines is 3. The minimum Gasteiger partial charge on any atom is -0.456 e. The normalized spacial score (nSPS) is 12.9. The number of benzene rings is 5. The molecule has 2 aliphatic rings. The van der Waals surface area contributed by atoms with Gasteiger partial charge in [-0.2, -0.15) is 0 Å². The Labute approximate surface area is 244 Å². The second-order valence-electron chi connectivity index (χ2n) is 10.4. The molecule has 4 heterocycles. The van der Waals surface area contributed by atoms with Crippen LogP contribution in [0.25, 0.3) is 44.3 Å². The molecule has 198 valence electrons. The van der Waals surface area contributed by atoms with Gasteiger partial charge in [-0.25, -0.2) is 0 Å². The summed E-state index contributed by atoms with van der Waals surface area (Å²) in [5, 5.41) is 1.09. The zero-order valence-corrected chi connectivity index (χ0v) is 22.9. The smallest absolute Gasteiger partial charge is 0.200 e. The SMILES string of the molecule is O=c1c2cc(-c3ccc4c(c3)N3c5ccccc5Oc5cccc(c53)S4)ccc2oc2ccc(-c3ccccn3)cc12. The molecular weight excluding hydrogens is 540 g/mol. The maximum Gasteiger partial charge on any atom is 0.200 e. The van der Waals surface area contributed by atoms with Gasteiger partial charge in [0.15, 0.2) is 11.5 Å². The lowest BCUT2D eigenvalue weighted by atomic mass is 10.0. The van der Waals surface area contributed by atoms with Gasteiger partial charge in [-0.05, 0) is 90.0 Å². The zero-order chi connectivity index (χ0) is 27.8. The van der Waals surface area contributed by atoms with Gasteiger partial charge in [-0.15, -0.1) is 0 Å². The lowest BCUT2D eigenvalue weighted by Crippen LogP contribution is -2.19. The van der Waals surface area contributed by atoms with Crippen LogP contribution in [0.2, 0.25) is 0 Å². The fraction of sp³-hybridized carbons (Fsp3) is 0. The summed E-state index contributed by atoms with van der Waals surface area (Å²) in [6.45, 7) is 0. The van der Waals surface area contributed by atoms with E-state index in [1.807, 2.05) is 84.9 Å². The van der Waals surface area contributed by atoms with Gasteiger partial charge >= 0.3 is 0 Å². The van der Waals surface area contributed by atoms with Crippen LogP contribution in [0.5, 0.6) is 11.5 Å². The highest BCUT2D eigenvalue weighted by Crippen LogP contribution is 2.60. The summed E-state index contributed by atoms with van der Waals surface area (Å²) in [4.78, 5) is 22.8. The molecule has 0 unspecified atom stereocenters. The Hall–Kier alpha value is -5.33. The van der Waals surface area contributed by atoms with Crippen LogP contribution in [-0.2, 0) is 0 Å². The molecule has 0 N–H and O–H groups in total. The molecule has 0 aliphatic carbocycles. The van der Waals surface area contributed by atoms with Gasteiger partial charge in [-0.1, -0.05) is 48.2 Å². The summed E-state index contributed by atoms with van der Waals surface area (Å²) in [5.41, 5.74) is 7.87. The van der Waals surface area contributed by atoms with Gasteiger partial charge in [0.25, 0.3) is 0 Å². The molecule has 0 fully saturated rings. The lowest BCUT2D eigenvalue weighted by Gasteiger charge is -2.38. The van der Waals surface area contributed by atoms with Crippen LogP contribution in [0, 0.1) is 0 Å². The average molecular weight is 561 g/mol. The maximum atomic E-state index is 13.8. The van der Waals surface area contributed by atoms with Crippen LogP contribution < -0.4 is 15.1 Å². The first-order valence-corrected chi connectivity index (χ1v) is 14.5. The molecule has 6 heteroatoms. The van der Waals surface area contributed by atoms with Gasteiger partial charge in [0.05, 0.1) is 27.8 Å². The Balaban J connectivity index is 1.20. The molecule has 2 aliphatic heterocycles. The molecule has 7 aromatic rings. The van der Waals surface area contributed by atoms with Crippen molar-refractivity contribution < 1.29 is 9.15 Å². The predicted molar refractivity (Wildman–Crippen MR) is 168 cm³/mol. The highest BCUT2D eigenvalue weighted by molar-refractivity contribution is 7.99. The summed E-state index contributed by atoms with van der Waals surface area (Å²) in [7, 11) is 0. The van der Waals surface area contributed by atoms with E-state index in [-0.39, 0.29) is 5.43 Å². The molecule has 0 saturated heterocycles. The predicted octanol–water partition coefficient (Wildman–Crippen LogP) is 9.72. The number of rotatable bonds is 2. The van der Waals surface area contributed by atoms with Gasteiger partial charge in [0.1, 0.15) is 16.9 Å². The molecule has 2 aromatic heterocycles. The molecule has 5 nitrogen and oxygen atoms in total. The molecule has 0 saturated carbocycles. The van der Waals surface area contributed by atoms with Crippen molar-refractivity contribution in [3.8, 4) is 33.9 Å². The molecule has 0 bridgehead atoms. The van der Waals surface area contributed by atoms with E-state index in [1.54, 1.807) is 18.0 Å². The Morgan fingerprint density at radius 2 is 1.36 bits per heavy atom. The van der Waals surface area contributed by atoms with E-state index in [1.165, 1.54) is 0 Å². The number of hydrogen-bond acceptors (Lipinski definition) is 6. The first-order valence-electron chi connectivity index (χ1n) is 13.7. The Morgan fingerprint density at radius 1 is 0.619 bits per heavy atom. The fourth-order valence-electron chi connectivity index (χ4n) is 5.91. The third-order valence-electron chi connectivity index (χ3n) is 7.89. The van der Waals surface area contributed by atoms with Crippen molar-refractivity contribution >= 4 is 50.8 Å². The fourth-order valence-corrected chi connectivity index (χ4v) is 6.97. The number of ether oxygens (including phenoxy) is 1. The van der Waals surface area contributed by atoms with E-state index in [4.69, 9.17) is 9.15 Å². The summed E-state index contributed by atoms with van der Waals surface area (Å²) >= 11 is 1.74. The van der Waals surface area contributed by atoms with E-state index in [0.717, 1.165) is 60.7 Å². The number of para-hydroxylation sites is 3. The third-order valence-corrected chi connectivity index (χ3v) is 9.01. The van der Waals surface area contributed by atoms with Crippen molar-refractivity contribution in [3.63, 3.8) is 0 Å². The molecule has 0 amide bonds. The van der Waals surface area contributed by atoms with Crippen LogP contribution in [0.15, 0.2) is 140 Å². The number of pyridine rings is 1. The molecular formula is C36H20N2O3S. The minimum atomic E-state index is -0.0555. The third kappa shape index (κ3) is 3.45. The van der Waals surface area contributed by atoms with Gasteiger partial charge in [0, 0.05) is 21.6 Å². The molecule has 5 aromatic carbocycles. The highest BCUT2D eigenvalue weighted by Gasteiger charge is 2.33. The molecule has 0 spiro atoms. The maximum absolute atomic E-state index is 13.8. The van der Waals surface area contributed by atoms with Crippen molar-refractivity contribution in [2.45, 2.75) is 9.79 Å². The zero-order valence-electron chi connectivity index (χ0n) is 22.1. The summed E-state index contributed by atoms with van der Waals surface area (Å²) in [6, 6.07) is 38.1. The average Bonchev–Trinajstić information content (AvgIpc) is 3.05. The summed E-state index contributed by atoms with van der Waals surface area (Å²) < 4.78 is 12.5. The van der Waals surface area contributed by atoms with Crippen LogP contribution in [0.4, 0.5) is 17.1 Å². The van der Waals surface area contributed by atoms with Crippen LogP contribution >= 0.6 is 11.8 Å². The van der Waals surface area contributed by atoms with Crippen LogP contribution in [0.3, 0.4) is 0 Å². The second kappa shape index (κ2) is 8.83. The van der Waals surface area contributed by atoms with E-state index in [2.05, 4.69) is 40.2 Å². The van der Waals surface area contributed by atoms with Crippen LogP contribution in [-0.4, -0.2) is 4.98 Å². The van der Waals surface area contributed by atoms with Gasteiger partial charge < -0.3 is 14.1 Å². The van der Waals surface area contributed by atoms with E-state index in [9.17, 15) is 4.79 Å². The monoisotopic (exact) mass is 560 g/mol. The Bertz CT molecular complexity index is 2280. The standard InChI is InChI=1S/C36H20N2O3S/c39-36-24-18-21(11-14-29(24)40-30-15-12-23(19-25(30)36)26-6-3-4-17-37-26)22-13-16-33-28(20-22)38-27-7-1-2-8-31(27)41-32-9-5-10-34(42-33)35(32)38/h1-20H. The number of hydrogen-bond donors (Lipinski definition) is 0. The second-order valence-corrected chi connectivity index (χ2v) is 11.4. The van der Waals surface area contributed by atoms with Crippen molar-refractivity contribution in [2.75, 3.05) is 4.90 Å². The van der Waals surface area contributed by atoms with E-state index in [0.29, 0.717) is 21.9 Å². The molecule has 0 atom stereocenters. The lowest BCUT2D eigenvalue weighted by molar-refractivity contribution is 0.475. The van der Waals surface area contributed by atoms with Crippen molar-refractivity contribution in [2.24, 2.45) is 0 Å². The minimum absolute atomic E-state index is 0.0555. The summed E-state index contributed by atoms with van der Waals surface area (Å²) in [6.07, 6.45) is 1.75. The molecule has 42 heavy (non-hydrogen) atoms. The number of nitrogens with zero attached hydrogens (tertiary/aromatic N) is 2. The first kappa shape index (κ1) is 23.4. The number of fused-ring (bicyclic) bond motifs is 6. The highest BCUT2D eigenvalue weighted by atomic mass is 32.2.